The summed E-state index contributed by atoms with van der Waals surface area (Å²) in [7, 11) is 0. The highest BCUT2D eigenvalue weighted by Gasteiger charge is 2.48. The molecule has 1 rings (SSSR count). The molecule has 0 aromatic carbocycles. The minimum atomic E-state index is -3.08. The lowest BCUT2D eigenvalue weighted by Crippen LogP contribution is -2.42. The van der Waals surface area contributed by atoms with Gasteiger partial charge in [0.15, 0.2) is 6.04 Å². The number of alkyl halides is 2. The number of carbonyl (C=O) groups is 1. The SMILES string of the molecule is O=C(O)[C@@H]1NCCC1(F)F. The Labute approximate surface area is 56.0 Å². The van der Waals surface area contributed by atoms with Crippen LogP contribution in [-0.4, -0.2) is 29.6 Å². The summed E-state index contributed by atoms with van der Waals surface area (Å²) in [6, 6.07) is -1.69. The van der Waals surface area contributed by atoms with E-state index in [1.54, 1.807) is 0 Å². The summed E-state index contributed by atoms with van der Waals surface area (Å²) in [5, 5.41) is 10.4. The third-order valence-electron chi connectivity index (χ3n) is 1.48. The minimum Gasteiger partial charge on any atom is -0.480 e. The third-order valence-corrected chi connectivity index (χ3v) is 1.48. The molecule has 10 heavy (non-hydrogen) atoms. The Morgan fingerprint density at radius 3 is 2.50 bits per heavy atom. The largest absolute Gasteiger partial charge is 0.480 e. The van der Waals surface area contributed by atoms with Crippen molar-refractivity contribution < 1.29 is 18.7 Å². The van der Waals surface area contributed by atoms with Gasteiger partial charge < -0.3 is 5.11 Å². The summed E-state index contributed by atoms with van der Waals surface area (Å²) in [6.45, 7) is 0.0734. The van der Waals surface area contributed by atoms with Gasteiger partial charge in [-0.2, -0.15) is 0 Å². The van der Waals surface area contributed by atoms with Crippen molar-refractivity contribution in [2.45, 2.75) is 18.4 Å². The minimum absolute atomic E-state index is 0.0734. The van der Waals surface area contributed by atoms with Crippen LogP contribution in [0.1, 0.15) is 6.42 Å². The van der Waals surface area contributed by atoms with Crippen LogP contribution in [0.3, 0.4) is 0 Å². The number of nitrogens with one attached hydrogen (secondary N) is 1. The maximum absolute atomic E-state index is 12.4. The summed E-state index contributed by atoms with van der Waals surface area (Å²) in [5.74, 6) is -4.56. The first-order valence-electron chi connectivity index (χ1n) is 2.88. The zero-order valence-corrected chi connectivity index (χ0v) is 5.10. The predicted molar refractivity (Wildman–Crippen MR) is 29.0 cm³/mol. The van der Waals surface area contributed by atoms with Crippen LogP contribution in [0.15, 0.2) is 0 Å². The molecule has 0 bridgehead atoms. The fraction of sp³-hybridized carbons (Fsp3) is 0.800. The zero-order valence-electron chi connectivity index (χ0n) is 5.10. The lowest BCUT2D eigenvalue weighted by Gasteiger charge is -2.13. The molecule has 2 N–H and O–H groups in total. The number of rotatable bonds is 1. The predicted octanol–water partition coefficient (Wildman–Crippen LogP) is 0.0682. The second-order valence-electron chi connectivity index (χ2n) is 2.24. The molecule has 0 aromatic rings. The summed E-state index contributed by atoms with van der Waals surface area (Å²) in [4.78, 5) is 10.1. The van der Waals surface area contributed by atoms with Crippen LogP contribution in [-0.2, 0) is 4.79 Å². The van der Waals surface area contributed by atoms with Crippen LogP contribution < -0.4 is 5.32 Å². The van der Waals surface area contributed by atoms with Gasteiger partial charge in [-0.05, 0) is 0 Å². The molecule has 58 valence electrons. The molecule has 1 fully saturated rings. The van der Waals surface area contributed by atoms with Gasteiger partial charge in [-0.25, -0.2) is 8.78 Å². The molecule has 0 saturated carbocycles. The molecule has 1 aliphatic heterocycles. The molecule has 1 saturated heterocycles. The first-order valence-corrected chi connectivity index (χ1v) is 2.88. The highest BCUT2D eigenvalue weighted by atomic mass is 19.3. The highest BCUT2D eigenvalue weighted by molar-refractivity contribution is 5.75. The van der Waals surface area contributed by atoms with Crippen molar-refractivity contribution in [2.75, 3.05) is 6.54 Å². The van der Waals surface area contributed by atoms with Gasteiger partial charge in [-0.3, -0.25) is 10.1 Å². The zero-order chi connectivity index (χ0) is 7.78. The molecule has 1 atom stereocenters. The summed E-state index contributed by atoms with van der Waals surface area (Å²) in [6.07, 6.45) is -0.385. The molecular weight excluding hydrogens is 144 g/mol. The number of carboxylic acids is 1. The van der Waals surface area contributed by atoms with E-state index >= 15 is 0 Å². The Balaban J connectivity index is 2.68. The second kappa shape index (κ2) is 2.16. The maximum Gasteiger partial charge on any atom is 0.326 e. The first kappa shape index (κ1) is 7.40. The molecule has 0 unspecified atom stereocenters. The average Bonchev–Trinajstić information content (AvgIpc) is 2.08. The number of hydrogen-bond donors (Lipinski definition) is 2. The van der Waals surface area contributed by atoms with Gasteiger partial charge in [0.2, 0.25) is 0 Å². The number of halogens is 2. The monoisotopic (exact) mass is 151 g/mol. The van der Waals surface area contributed by atoms with E-state index in [9.17, 15) is 13.6 Å². The highest BCUT2D eigenvalue weighted by Crippen LogP contribution is 2.27. The van der Waals surface area contributed by atoms with Crippen LogP contribution in [0.25, 0.3) is 0 Å². The van der Waals surface area contributed by atoms with Gasteiger partial charge in [-0.1, -0.05) is 0 Å². The van der Waals surface area contributed by atoms with Crippen molar-refractivity contribution >= 4 is 5.97 Å². The van der Waals surface area contributed by atoms with Gasteiger partial charge in [0.05, 0.1) is 0 Å². The van der Waals surface area contributed by atoms with E-state index < -0.39 is 17.9 Å². The van der Waals surface area contributed by atoms with E-state index in [1.165, 1.54) is 0 Å². The molecule has 1 aliphatic rings. The molecule has 1 heterocycles. The van der Waals surface area contributed by atoms with Crippen LogP contribution in [0.2, 0.25) is 0 Å². The normalized spacial score (nSPS) is 30.4. The first-order chi connectivity index (χ1) is 4.54. The van der Waals surface area contributed by atoms with Gasteiger partial charge in [-0.15, -0.1) is 0 Å². The van der Waals surface area contributed by atoms with Crippen molar-refractivity contribution in [3.05, 3.63) is 0 Å². The standard InChI is InChI=1S/C5H7F2NO2/c6-5(7)1-2-8-3(5)4(9)10/h3,8H,1-2H2,(H,9,10)/t3-/m0/s1. The average molecular weight is 151 g/mol. The Morgan fingerprint density at radius 1 is 1.70 bits per heavy atom. The quantitative estimate of drug-likeness (QED) is 0.557. The van der Waals surface area contributed by atoms with Crippen LogP contribution in [0, 0.1) is 0 Å². The Kier molecular flexibility index (Phi) is 1.60. The van der Waals surface area contributed by atoms with Crippen molar-refractivity contribution in [3.63, 3.8) is 0 Å². The Bertz CT molecular complexity index is 160. The van der Waals surface area contributed by atoms with E-state index in [4.69, 9.17) is 5.11 Å². The third kappa shape index (κ3) is 1.09. The molecule has 3 nitrogen and oxygen atoms in total. The lowest BCUT2D eigenvalue weighted by atomic mass is 10.2. The van der Waals surface area contributed by atoms with E-state index in [-0.39, 0.29) is 13.0 Å². The number of aliphatic carboxylic acids is 1. The Morgan fingerprint density at radius 2 is 2.30 bits per heavy atom. The van der Waals surface area contributed by atoms with Crippen molar-refractivity contribution in [2.24, 2.45) is 0 Å². The molecule has 0 spiro atoms. The summed E-state index contributed by atoms with van der Waals surface area (Å²) >= 11 is 0. The van der Waals surface area contributed by atoms with Gasteiger partial charge in [0.25, 0.3) is 5.92 Å². The molecule has 0 amide bonds. The van der Waals surface area contributed by atoms with E-state index in [0.29, 0.717) is 0 Å². The van der Waals surface area contributed by atoms with Crippen LogP contribution >= 0.6 is 0 Å². The molecule has 0 aliphatic carbocycles. The van der Waals surface area contributed by atoms with Crippen molar-refractivity contribution in [1.29, 1.82) is 0 Å². The van der Waals surface area contributed by atoms with Crippen molar-refractivity contribution in [1.82, 2.24) is 5.32 Å². The summed E-state index contributed by atoms with van der Waals surface area (Å²) in [5.41, 5.74) is 0. The molecule has 0 aromatic heterocycles. The smallest absolute Gasteiger partial charge is 0.326 e. The van der Waals surface area contributed by atoms with Gasteiger partial charge in [0, 0.05) is 13.0 Å². The van der Waals surface area contributed by atoms with E-state index in [2.05, 4.69) is 5.32 Å². The van der Waals surface area contributed by atoms with E-state index in [1.807, 2.05) is 0 Å². The fourth-order valence-electron chi connectivity index (χ4n) is 0.945. The fourth-order valence-corrected chi connectivity index (χ4v) is 0.945. The van der Waals surface area contributed by atoms with Crippen LogP contribution in [0.4, 0.5) is 8.78 Å². The topological polar surface area (TPSA) is 49.3 Å². The van der Waals surface area contributed by atoms with Gasteiger partial charge >= 0.3 is 5.97 Å². The lowest BCUT2D eigenvalue weighted by molar-refractivity contribution is -0.147. The molecule has 0 radical (unpaired) electrons. The van der Waals surface area contributed by atoms with Crippen LogP contribution in [0.5, 0.6) is 0 Å². The second-order valence-corrected chi connectivity index (χ2v) is 2.24. The van der Waals surface area contributed by atoms with E-state index in [0.717, 1.165) is 0 Å². The molecule has 5 heteroatoms. The van der Waals surface area contributed by atoms with Gasteiger partial charge in [0.1, 0.15) is 0 Å². The summed E-state index contributed by atoms with van der Waals surface area (Å²) < 4.78 is 24.8. The number of carboxylic acid groups (broad SMARTS) is 1. The maximum atomic E-state index is 12.4. The number of hydrogen-bond acceptors (Lipinski definition) is 2. The molecular formula is C5H7F2NO2. The van der Waals surface area contributed by atoms with Crippen molar-refractivity contribution in [3.8, 4) is 0 Å². The Hall–Kier alpha value is -0.710.